The highest BCUT2D eigenvalue weighted by atomic mass is 35.5. The maximum atomic E-state index is 9.72. The van der Waals surface area contributed by atoms with Gasteiger partial charge in [-0.25, -0.2) is 4.98 Å². The molecule has 2 aromatic heterocycles. The van der Waals surface area contributed by atoms with Crippen LogP contribution >= 0.6 is 34.5 Å². The number of halogens is 2. The molecule has 0 unspecified atom stereocenters. The van der Waals surface area contributed by atoms with Crippen LogP contribution in [-0.2, 0) is 0 Å². The first kappa shape index (κ1) is 17.2. The van der Waals surface area contributed by atoms with Gasteiger partial charge in [0.1, 0.15) is 28.9 Å². The third kappa shape index (κ3) is 3.14. The zero-order valence-electron chi connectivity index (χ0n) is 13.7. The fourth-order valence-corrected chi connectivity index (χ4v) is 4.01. The van der Waals surface area contributed by atoms with Crippen molar-refractivity contribution in [3.63, 3.8) is 0 Å². The summed E-state index contributed by atoms with van der Waals surface area (Å²) in [5.74, 6) is 0.775. The van der Waals surface area contributed by atoms with Crippen LogP contribution in [-0.4, -0.2) is 14.7 Å². The first-order valence-corrected chi connectivity index (χ1v) is 9.52. The van der Waals surface area contributed by atoms with Crippen molar-refractivity contribution < 1.29 is 9.84 Å². The average Bonchev–Trinajstić information content (AvgIpc) is 3.22. The van der Waals surface area contributed by atoms with Gasteiger partial charge in [-0.2, -0.15) is 0 Å². The van der Waals surface area contributed by atoms with Crippen LogP contribution in [0.1, 0.15) is 18.6 Å². The van der Waals surface area contributed by atoms with Gasteiger partial charge in [-0.3, -0.25) is 4.57 Å². The summed E-state index contributed by atoms with van der Waals surface area (Å²) in [6, 6.07) is 12.8. The second-order valence-electron chi connectivity index (χ2n) is 5.81. The highest BCUT2D eigenvalue weighted by Gasteiger charge is 2.14. The van der Waals surface area contributed by atoms with E-state index >= 15 is 0 Å². The van der Waals surface area contributed by atoms with Gasteiger partial charge in [0.05, 0.1) is 16.1 Å². The first-order valence-electron chi connectivity index (χ1n) is 7.88. The smallest absolute Gasteiger partial charge is 0.136 e. The number of aromatic nitrogens is 2. The molecule has 2 aromatic carbocycles. The van der Waals surface area contributed by atoms with Crippen molar-refractivity contribution in [2.75, 3.05) is 0 Å². The Kier molecular flexibility index (Phi) is 4.53. The van der Waals surface area contributed by atoms with E-state index in [0.717, 1.165) is 21.8 Å². The lowest BCUT2D eigenvalue weighted by Crippen LogP contribution is -2.03. The molecule has 4 rings (SSSR count). The summed E-state index contributed by atoms with van der Waals surface area (Å²) < 4.78 is 7.96. The number of thiophene rings is 1. The Hall–Kier alpha value is -2.21. The normalized spacial score (nSPS) is 12.4. The molecular weight excluding hydrogens is 391 g/mol. The largest absolute Gasteiger partial charge is 0.506 e. The van der Waals surface area contributed by atoms with Crippen molar-refractivity contribution >= 4 is 45.6 Å². The maximum absolute atomic E-state index is 9.72. The second-order valence-corrected chi connectivity index (χ2v) is 7.51. The van der Waals surface area contributed by atoms with Crippen molar-refractivity contribution in [1.29, 1.82) is 0 Å². The molecule has 7 heteroatoms. The molecule has 0 saturated carbocycles. The fraction of sp³-hybridized carbons (Fsp3) is 0.105. The Balaban J connectivity index is 1.63. The van der Waals surface area contributed by atoms with E-state index in [1.807, 2.05) is 47.2 Å². The van der Waals surface area contributed by atoms with Crippen molar-refractivity contribution in [3.05, 3.63) is 69.8 Å². The van der Waals surface area contributed by atoms with Crippen LogP contribution in [0.4, 0.5) is 0 Å². The SMILES string of the molecule is C[C@@H](Oc1csc(-n2cnc3cc(O)c(Cl)cc32)c1)c1ccccc1Cl. The van der Waals surface area contributed by atoms with Gasteiger partial charge in [0.2, 0.25) is 0 Å². The minimum Gasteiger partial charge on any atom is -0.506 e. The number of imidazole rings is 1. The van der Waals surface area contributed by atoms with Crippen LogP contribution in [0.25, 0.3) is 16.0 Å². The molecule has 0 saturated heterocycles. The minimum atomic E-state index is -0.169. The quantitative estimate of drug-likeness (QED) is 0.437. The Bertz CT molecular complexity index is 1090. The van der Waals surface area contributed by atoms with Gasteiger partial charge < -0.3 is 9.84 Å². The van der Waals surface area contributed by atoms with E-state index < -0.39 is 0 Å². The topological polar surface area (TPSA) is 47.3 Å². The number of aromatic hydroxyl groups is 1. The van der Waals surface area contributed by atoms with Crippen molar-refractivity contribution in [3.8, 4) is 16.5 Å². The summed E-state index contributed by atoms with van der Waals surface area (Å²) in [5.41, 5.74) is 2.44. The number of benzene rings is 2. The Morgan fingerprint density at radius 1 is 1.15 bits per heavy atom. The number of phenolic OH excluding ortho intramolecular Hbond substituents is 1. The molecule has 0 aliphatic carbocycles. The van der Waals surface area contributed by atoms with Crippen molar-refractivity contribution in [2.24, 2.45) is 0 Å². The molecule has 0 amide bonds. The Morgan fingerprint density at radius 3 is 2.77 bits per heavy atom. The van der Waals surface area contributed by atoms with E-state index in [0.29, 0.717) is 15.6 Å². The lowest BCUT2D eigenvalue weighted by Gasteiger charge is -2.15. The van der Waals surface area contributed by atoms with Gasteiger partial charge in [-0.1, -0.05) is 41.4 Å². The third-order valence-electron chi connectivity index (χ3n) is 4.07. The van der Waals surface area contributed by atoms with Gasteiger partial charge in [-0.05, 0) is 19.1 Å². The molecule has 2 heterocycles. The molecule has 4 nitrogen and oxygen atoms in total. The van der Waals surface area contributed by atoms with Gasteiger partial charge in [0, 0.05) is 28.1 Å². The fourth-order valence-electron chi connectivity index (χ4n) is 2.76. The highest BCUT2D eigenvalue weighted by Crippen LogP contribution is 2.34. The molecule has 1 N–H and O–H groups in total. The zero-order chi connectivity index (χ0) is 18.3. The summed E-state index contributed by atoms with van der Waals surface area (Å²) in [6.07, 6.45) is 1.53. The molecular formula is C19H14Cl2N2O2S. The summed E-state index contributed by atoms with van der Waals surface area (Å²) in [6.45, 7) is 1.97. The molecule has 0 aliphatic heterocycles. The lowest BCUT2D eigenvalue weighted by molar-refractivity contribution is 0.228. The first-order chi connectivity index (χ1) is 12.5. The lowest BCUT2D eigenvalue weighted by atomic mass is 10.1. The maximum Gasteiger partial charge on any atom is 0.136 e. The molecule has 132 valence electrons. The van der Waals surface area contributed by atoms with E-state index in [9.17, 15) is 5.11 Å². The molecule has 1 atom stereocenters. The van der Waals surface area contributed by atoms with Gasteiger partial charge in [0.25, 0.3) is 0 Å². The van der Waals surface area contributed by atoms with Crippen LogP contribution in [0.15, 0.2) is 54.2 Å². The monoisotopic (exact) mass is 404 g/mol. The van der Waals surface area contributed by atoms with Crippen LogP contribution in [0.2, 0.25) is 10.0 Å². The summed E-state index contributed by atoms with van der Waals surface area (Å²) in [5, 5.41) is 13.6. The van der Waals surface area contributed by atoms with Crippen molar-refractivity contribution in [1.82, 2.24) is 9.55 Å². The van der Waals surface area contributed by atoms with Crippen molar-refractivity contribution in [2.45, 2.75) is 13.0 Å². The minimum absolute atomic E-state index is 0.0215. The standard InChI is InChI=1S/C19H14Cl2N2O2S/c1-11(13-4-2-3-5-14(13)20)25-12-6-19(26-9-12)23-10-22-16-8-18(24)15(21)7-17(16)23/h2-11,24H,1H3/t11-/m1/s1. The van der Waals surface area contributed by atoms with Gasteiger partial charge in [-0.15, -0.1) is 11.3 Å². The number of rotatable bonds is 4. The molecule has 0 spiro atoms. The molecule has 26 heavy (non-hydrogen) atoms. The Labute approximate surface area is 164 Å². The molecule has 4 aromatic rings. The Morgan fingerprint density at radius 2 is 1.96 bits per heavy atom. The van der Waals surface area contributed by atoms with Crippen LogP contribution < -0.4 is 4.74 Å². The van der Waals surface area contributed by atoms with Crippen LogP contribution in [0.5, 0.6) is 11.5 Å². The van der Waals surface area contributed by atoms with E-state index in [1.165, 1.54) is 11.3 Å². The molecule has 0 radical (unpaired) electrons. The molecule has 0 aliphatic rings. The van der Waals surface area contributed by atoms with Crippen LogP contribution in [0.3, 0.4) is 0 Å². The molecule has 0 bridgehead atoms. The number of hydrogen-bond donors (Lipinski definition) is 1. The summed E-state index contributed by atoms with van der Waals surface area (Å²) in [4.78, 5) is 4.32. The van der Waals surface area contributed by atoms with E-state index in [1.54, 1.807) is 18.5 Å². The number of hydrogen-bond acceptors (Lipinski definition) is 4. The van der Waals surface area contributed by atoms with Gasteiger partial charge >= 0.3 is 0 Å². The highest BCUT2D eigenvalue weighted by molar-refractivity contribution is 7.12. The number of phenols is 1. The molecule has 0 fully saturated rings. The summed E-state index contributed by atoms with van der Waals surface area (Å²) >= 11 is 13.8. The van der Waals surface area contributed by atoms with E-state index in [2.05, 4.69) is 4.98 Å². The number of ether oxygens (including phenoxy) is 1. The second kappa shape index (κ2) is 6.83. The summed E-state index contributed by atoms with van der Waals surface area (Å²) in [7, 11) is 0. The number of nitrogens with zero attached hydrogens (tertiary/aromatic N) is 2. The van der Waals surface area contributed by atoms with E-state index in [-0.39, 0.29) is 11.9 Å². The number of fused-ring (bicyclic) bond motifs is 1. The van der Waals surface area contributed by atoms with E-state index in [4.69, 9.17) is 27.9 Å². The third-order valence-corrected chi connectivity index (χ3v) is 5.62. The average molecular weight is 405 g/mol. The predicted molar refractivity (Wildman–Crippen MR) is 106 cm³/mol. The van der Waals surface area contributed by atoms with Gasteiger partial charge in [0.15, 0.2) is 0 Å². The zero-order valence-corrected chi connectivity index (χ0v) is 16.0. The predicted octanol–water partition coefficient (Wildman–Crippen LogP) is 6.24. The van der Waals surface area contributed by atoms with Crippen LogP contribution in [0, 0.1) is 0 Å².